The fraction of sp³-hybridized carbons (Fsp3) is 0.500. The topological polar surface area (TPSA) is 61.8 Å². The van der Waals surface area contributed by atoms with Gasteiger partial charge in [0.25, 0.3) is 0 Å². The third kappa shape index (κ3) is 3.38. The maximum absolute atomic E-state index is 11.4. The Labute approximate surface area is 113 Å². The quantitative estimate of drug-likeness (QED) is 0.819. The van der Waals surface area contributed by atoms with E-state index in [2.05, 4.69) is 5.32 Å². The summed E-state index contributed by atoms with van der Waals surface area (Å²) in [4.78, 5) is 13.1. The highest BCUT2D eigenvalue weighted by atomic mass is 16.5. The average Bonchev–Trinajstić information content (AvgIpc) is 2.84. The summed E-state index contributed by atoms with van der Waals surface area (Å²) in [5.74, 6) is 0.691. The van der Waals surface area contributed by atoms with Gasteiger partial charge in [-0.3, -0.25) is 0 Å². The molecule has 1 heterocycles. The lowest BCUT2D eigenvalue weighted by Gasteiger charge is -2.17. The van der Waals surface area contributed by atoms with Gasteiger partial charge in [-0.2, -0.15) is 0 Å². The summed E-state index contributed by atoms with van der Waals surface area (Å²) in [6.45, 7) is 4.34. The van der Waals surface area contributed by atoms with Crippen LogP contribution in [0.2, 0.25) is 0 Å². The maximum atomic E-state index is 11.4. The first-order valence-corrected chi connectivity index (χ1v) is 6.65. The van der Waals surface area contributed by atoms with Gasteiger partial charge in [0.1, 0.15) is 12.4 Å². The highest BCUT2D eigenvalue weighted by molar-refractivity contribution is 5.76. The number of hydrogen-bond donors (Lipinski definition) is 2. The molecule has 0 aromatic heterocycles. The molecule has 2 rings (SSSR count). The summed E-state index contributed by atoms with van der Waals surface area (Å²) in [6.07, 6.45) is 0.140. The van der Waals surface area contributed by atoms with Crippen molar-refractivity contribution in [3.05, 3.63) is 29.8 Å². The minimum Gasteiger partial charge on any atom is -0.491 e. The number of rotatable bonds is 6. The zero-order valence-corrected chi connectivity index (χ0v) is 11.1. The Morgan fingerprint density at radius 1 is 1.47 bits per heavy atom. The van der Waals surface area contributed by atoms with Crippen molar-refractivity contribution in [2.75, 3.05) is 26.2 Å². The number of aliphatic hydroxyl groups excluding tert-OH is 1. The molecule has 0 bridgehead atoms. The van der Waals surface area contributed by atoms with Crippen LogP contribution in [0, 0.1) is 0 Å². The van der Waals surface area contributed by atoms with Crippen molar-refractivity contribution < 1.29 is 14.6 Å². The molecule has 1 aromatic carbocycles. The highest BCUT2D eigenvalue weighted by Crippen LogP contribution is 2.26. The molecule has 1 saturated heterocycles. The van der Waals surface area contributed by atoms with Crippen LogP contribution in [-0.2, 0) is 0 Å². The molecule has 1 atom stereocenters. The average molecular weight is 264 g/mol. The Balaban J connectivity index is 1.90. The first-order chi connectivity index (χ1) is 9.22. The van der Waals surface area contributed by atoms with Crippen LogP contribution in [0.25, 0.3) is 0 Å². The Morgan fingerprint density at radius 2 is 2.26 bits per heavy atom. The zero-order valence-electron chi connectivity index (χ0n) is 11.1. The normalized spacial score (nSPS) is 16.3. The molecule has 2 N–H and O–H groups in total. The number of aliphatic hydroxyl groups is 1. The van der Waals surface area contributed by atoms with Gasteiger partial charge >= 0.3 is 6.03 Å². The van der Waals surface area contributed by atoms with Crippen molar-refractivity contribution in [1.82, 2.24) is 10.2 Å². The van der Waals surface area contributed by atoms with E-state index in [0.29, 0.717) is 31.9 Å². The van der Waals surface area contributed by atoms with Crippen molar-refractivity contribution in [1.29, 1.82) is 0 Å². The predicted octanol–water partition coefficient (Wildman–Crippen LogP) is 1.53. The number of urea groups is 1. The van der Waals surface area contributed by atoms with E-state index in [1.165, 1.54) is 0 Å². The van der Waals surface area contributed by atoms with E-state index < -0.39 is 6.10 Å². The number of carbonyl (C=O) groups excluding carboxylic acids is 1. The van der Waals surface area contributed by atoms with E-state index in [-0.39, 0.29) is 6.03 Å². The van der Waals surface area contributed by atoms with Crippen LogP contribution >= 0.6 is 0 Å². The summed E-state index contributed by atoms with van der Waals surface area (Å²) >= 11 is 0. The van der Waals surface area contributed by atoms with Crippen molar-refractivity contribution in [3.8, 4) is 5.75 Å². The van der Waals surface area contributed by atoms with Gasteiger partial charge in [-0.15, -0.1) is 0 Å². The molecule has 0 saturated carbocycles. The van der Waals surface area contributed by atoms with Crippen LogP contribution in [0.4, 0.5) is 4.79 Å². The number of carbonyl (C=O) groups is 1. The number of ether oxygens (including phenoxy) is 1. The summed E-state index contributed by atoms with van der Waals surface area (Å²) in [5, 5.41) is 12.7. The van der Waals surface area contributed by atoms with Gasteiger partial charge in [0.2, 0.25) is 0 Å². The number of amides is 2. The number of nitrogens with zero attached hydrogens (tertiary/aromatic N) is 1. The third-order valence-electron chi connectivity index (χ3n) is 3.23. The van der Waals surface area contributed by atoms with Gasteiger partial charge in [0, 0.05) is 18.7 Å². The largest absolute Gasteiger partial charge is 0.491 e. The van der Waals surface area contributed by atoms with Gasteiger partial charge in [-0.25, -0.2) is 4.79 Å². The number of hydrogen-bond acceptors (Lipinski definition) is 3. The molecular weight excluding hydrogens is 244 g/mol. The van der Waals surface area contributed by atoms with E-state index in [0.717, 1.165) is 12.1 Å². The van der Waals surface area contributed by atoms with Crippen LogP contribution < -0.4 is 10.1 Å². The molecule has 19 heavy (non-hydrogen) atoms. The second kappa shape index (κ2) is 6.43. The molecular formula is C14H20N2O3. The van der Waals surface area contributed by atoms with Crippen LogP contribution in [0.3, 0.4) is 0 Å². The number of para-hydroxylation sites is 1. The molecule has 0 spiro atoms. The first-order valence-electron chi connectivity index (χ1n) is 6.65. The smallest absolute Gasteiger partial charge is 0.317 e. The van der Waals surface area contributed by atoms with Crippen LogP contribution in [0.15, 0.2) is 24.3 Å². The highest BCUT2D eigenvalue weighted by Gasteiger charge is 2.19. The summed E-state index contributed by atoms with van der Waals surface area (Å²) < 4.78 is 5.69. The molecule has 5 heteroatoms. The van der Waals surface area contributed by atoms with E-state index in [4.69, 9.17) is 4.74 Å². The lowest BCUT2D eigenvalue weighted by molar-refractivity contribution is 0.164. The maximum Gasteiger partial charge on any atom is 0.317 e. The van der Waals surface area contributed by atoms with Gasteiger partial charge < -0.3 is 20.1 Å². The molecule has 2 amide bonds. The summed E-state index contributed by atoms with van der Waals surface area (Å²) in [7, 11) is 0. The van der Waals surface area contributed by atoms with Gasteiger partial charge in [0.05, 0.1) is 12.6 Å². The van der Waals surface area contributed by atoms with Crippen molar-refractivity contribution in [3.63, 3.8) is 0 Å². The lowest BCUT2D eigenvalue weighted by Crippen LogP contribution is -2.31. The Morgan fingerprint density at radius 3 is 2.95 bits per heavy atom. The standard InChI is InChI=1S/C14H20N2O3/c1-2-12(17)11-5-3-4-6-13(11)19-10-9-16-8-7-15-14(16)18/h3-6,12,17H,2,7-10H2,1H3,(H,15,18)/t12-/m0/s1. The predicted molar refractivity (Wildman–Crippen MR) is 72.2 cm³/mol. The number of benzene rings is 1. The zero-order chi connectivity index (χ0) is 13.7. The Hall–Kier alpha value is -1.75. The summed E-state index contributed by atoms with van der Waals surface area (Å²) in [5.41, 5.74) is 0.802. The second-order valence-electron chi connectivity index (χ2n) is 4.53. The molecule has 1 fully saturated rings. The molecule has 5 nitrogen and oxygen atoms in total. The lowest BCUT2D eigenvalue weighted by atomic mass is 10.1. The van der Waals surface area contributed by atoms with E-state index in [9.17, 15) is 9.90 Å². The molecule has 0 radical (unpaired) electrons. The molecule has 1 aliphatic heterocycles. The monoisotopic (exact) mass is 264 g/mol. The van der Waals surface area contributed by atoms with E-state index >= 15 is 0 Å². The van der Waals surface area contributed by atoms with Crippen LogP contribution in [-0.4, -0.2) is 42.3 Å². The Kier molecular flexibility index (Phi) is 4.63. The van der Waals surface area contributed by atoms with Gasteiger partial charge in [-0.1, -0.05) is 25.1 Å². The molecule has 1 aromatic rings. The fourth-order valence-corrected chi connectivity index (χ4v) is 2.10. The summed E-state index contributed by atoms with van der Waals surface area (Å²) in [6, 6.07) is 7.44. The minimum absolute atomic E-state index is 0.0366. The van der Waals surface area contributed by atoms with E-state index in [1.807, 2.05) is 31.2 Å². The molecule has 0 unspecified atom stereocenters. The molecule has 0 aliphatic carbocycles. The molecule has 1 aliphatic rings. The minimum atomic E-state index is -0.508. The Bertz CT molecular complexity index is 436. The van der Waals surface area contributed by atoms with Crippen molar-refractivity contribution >= 4 is 6.03 Å². The third-order valence-corrected chi connectivity index (χ3v) is 3.23. The van der Waals surface area contributed by atoms with Crippen molar-refractivity contribution in [2.24, 2.45) is 0 Å². The van der Waals surface area contributed by atoms with Crippen LogP contribution in [0.5, 0.6) is 5.75 Å². The number of nitrogens with one attached hydrogen (secondary N) is 1. The second-order valence-corrected chi connectivity index (χ2v) is 4.53. The van der Waals surface area contributed by atoms with Crippen LogP contribution in [0.1, 0.15) is 25.0 Å². The van der Waals surface area contributed by atoms with Gasteiger partial charge in [0.15, 0.2) is 0 Å². The van der Waals surface area contributed by atoms with Crippen molar-refractivity contribution in [2.45, 2.75) is 19.4 Å². The fourth-order valence-electron chi connectivity index (χ4n) is 2.10. The SMILES string of the molecule is CC[C@H](O)c1ccccc1OCCN1CCNC1=O. The molecule has 104 valence electrons. The van der Waals surface area contributed by atoms with E-state index in [1.54, 1.807) is 4.90 Å². The van der Waals surface area contributed by atoms with Gasteiger partial charge in [-0.05, 0) is 12.5 Å². The first kappa shape index (κ1) is 13.7.